The number of halogens is 1. The maximum Gasteiger partial charge on any atom is 0.136 e. The van der Waals surface area contributed by atoms with Gasteiger partial charge in [-0.25, -0.2) is 0 Å². The second kappa shape index (κ2) is 6.99. The van der Waals surface area contributed by atoms with Gasteiger partial charge in [-0.05, 0) is 55.0 Å². The Morgan fingerprint density at radius 1 is 1.41 bits per heavy atom. The number of hydrogen-bond acceptors (Lipinski definition) is 3. The van der Waals surface area contributed by atoms with Crippen LogP contribution in [-0.2, 0) is 6.42 Å². The molecule has 0 bridgehead atoms. The van der Waals surface area contributed by atoms with Crippen molar-refractivity contribution in [1.29, 1.82) is 0 Å². The number of rotatable bonds is 6. The van der Waals surface area contributed by atoms with Crippen molar-refractivity contribution in [2.75, 3.05) is 27.2 Å². The smallest absolute Gasteiger partial charge is 0.136 e. The maximum absolute atomic E-state index is 5.84. The Balaban J connectivity index is 2.73. The van der Waals surface area contributed by atoms with Crippen LogP contribution in [0.4, 0.5) is 0 Å². The van der Waals surface area contributed by atoms with E-state index in [1.54, 1.807) is 0 Å². The zero-order chi connectivity index (χ0) is 12.8. The Hall–Kier alpha value is -0.580. The predicted molar refractivity (Wildman–Crippen MR) is 75.5 cm³/mol. The molecule has 1 unspecified atom stereocenters. The summed E-state index contributed by atoms with van der Waals surface area (Å²) in [5.74, 6) is 0.923. The van der Waals surface area contributed by atoms with E-state index in [-0.39, 0.29) is 6.04 Å². The number of ether oxygens (including phenoxy) is 1. The molecule has 0 heterocycles. The fraction of sp³-hybridized carbons (Fsp3) is 0.538. The minimum atomic E-state index is 0.139. The first-order chi connectivity index (χ1) is 8.00. The van der Waals surface area contributed by atoms with E-state index < -0.39 is 0 Å². The van der Waals surface area contributed by atoms with Crippen molar-refractivity contribution in [3.8, 4) is 5.75 Å². The Labute approximate surface area is 112 Å². The summed E-state index contributed by atoms with van der Waals surface area (Å²) in [5, 5.41) is 0. The first-order valence-electron chi connectivity index (χ1n) is 5.81. The molecular weight excluding hydrogens is 280 g/mol. The first-order valence-corrected chi connectivity index (χ1v) is 6.60. The Kier molecular flexibility index (Phi) is 5.95. The van der Waals surface area contributed by atoms with Gasteiger partial charge in [0, 0.05) is 12.6 Å². The van der Waals surface area contributed by atoms with Crippen molar-refractivity contribution in [1.82, 2.24) is 4.90 Å². The molecule has 96 valence electrons. The highest BCUT2D eigenvalue weighted by atomic mass is 79.9. The van der Waals surface area contributed by atoms with Gasteiger partial charge >= 0.3 is 0 Å². The minimum absolute atomic E-state index is 0.139. The molecule has 2 N–H and O–H groups in total. The second-order valence-electron chi connectivity index (χ2n) is 4.56. The van der Waals surface area contributed by atoms with E-state index in [0.29, 0.717) is 6.61 Å². The molecule has 1 aromatic carbocycles. The van der Waals surface area contributed by atoms with E-state index in [9.17, 15) is 0 Å². The van der Waals surface area contributed by atoms with Crippen LogP contribution in [-0.4, -0.2) is 38.2 Å². The maximum atomic E-state index is 5.84. The van der Waals surface area contributed by atoms with Crippen LogP contribution in [0.15, 0.2) is 22.7 Å². The highest BCUT2D eigenvalue weighted by molar-refractivity contribution is 9.10. The van der Waals surface area contributed by atoms with Crippen LogP contribution in [0.1, 0.15) is 12.5 Å². The monoisotopic (exact) mass is 300 g/mol. The van der Waals surface area contributed by atoms with E-state index in [4.69, 9.17) is 10.5 Å². The number of nitrogens with two attached hydrogens (primary N) is 1. The summed E-state index contributed by atoms with van der Waals surface area (Å²) in [4.78, 5) is 2.10. The van der Waals surface area contributed by atoms with Crippen LogP contribution in [0.5, 0.6) is 5.75 Å². The SMILES string of the molecule is CC(N)Cc1cccc(Br)c1OCCN(C)C. The first kappa shape index (κ1) is 14.5. The van der Waals surface area contributed by atoms with Gasteiger partial charge in [-0.15, -0.1) is 0 Å². The molecule has 0 saturated heterocycles. The van der Waals surface area contributed by atoms with E-state index in [1.165, 1.54) is 0 Å². The quantitative estimate of drug-likeness (QED) is 0.876. The van der Waals surface area contributed by atoms with Gasteiger partial charge < -0.3 is 15.4 Å². The fourth-order valence-electron chi connectivity index (χ4n) is 1.55. The van der Waals surface area contributed by atoms with Gasteiger partial charge in [-0.3, -0.25) is 0 Å². The van der Waals surface area contributed by atoms with Crippen molar-refractivity contribution in [2.24, 2.45) is 5.73 Å². The van der Waals surface area contributed by atoms with Gasteiger partial charge in [0.15, 0.2) is 0 Å². The highest BCUT2D eigenvalue weighted by Crippen LogP contribution is 2.29. The Morgan fingerprint density at radius 3 is 2.71 bits per heavy atom. The van der Waals surface area contributed by atoms with Crippen LogP contribution in [0.25, 0.3) is 0 Å². The summed E-state index contributed by atoms with van der Waals surface area (Å²) in [6.45, 7) is 3.59. The lowest BCUT2D eigenvalue weighted by atomic mass is 10.1. The summed E-state index contributed by atoms with van der Waals surface area (Å²) in [6, 6.07) is 6.22. The van der Waals surface area contributed by atoms with Crippen LogP contribution in [0, 0.1) is 0 Å². The van der Waals surface area contributed by atoms with Crippen LogP contribution < -0.4 is 10.5 Å². The fourth-order valence-corrected chi connectivity index (χ4v) is 2.07. The lowest BCUT2D eigenvalue weighted by Gasteiger charge is -2.16. The second-order valence-corrected chi connectivity index (χ2v) is 5.42. The standard InChI is InChI=1S/C13H21BrN2O/c1-10(15)9-11-5-4-6-12(14)13(11)17-8-7-16(2)3/h4-6,10H,7-9,15H2,1-3H3. The van der Waals surface area contributed by atoms with E-state index >= 15 is 0 Å². The largest absolute Gasteiger partial charge is 0.491 e. The minimum Gasteiger partial charge on any atom is -0.491 e. The number of nitrogens with zero attached hydrogens (tertiary/aromatic N) is 1. The molecule has 0 aliphatic heterocycles. The number of likely N-dealkylation sites (N-methyl/N-ethyl adjacent to an activating group) is 1. The molecule has 0 radical (unpaired) electrons. The molecule has 4 heteroatoms. The molecule has 1 atom stereocenters. The van der Waals surface area contributed by atoms with Crippen molar-refractivity contribution < 1.29 is 4.74 Å². The van der Waals surface area contributed by atoms with Gasteiger partial charge in [0.05, 0.1) is 4.47 Å². The van der Waals surface area contributed by atoms with Crippen LogP contribution in [0.3, 0.4) is 0 Å². The average molecular weight is 301 g/mol. The van der Waals surface area contributed by atoms with Gasteiger partial charge in [0.1, 0.15) is 12.4 Å². The van der Waals surface area contributed by atoms with E-state index in [1.807, 2.05) is 33.2 Å². The third kappa shape index (κ3) is 5.06. The molecular formula is C13H21BrN2O. The van der Waals surface area contributed by atoms with Crippen molar-refractivity contribution >= 4 is 15.9 Å². The van der Waals surface area contributed by atoms with Crippen molar-refractivity contribution in [3.05, 3.63) is 28.2 Å². The van der Waals surface area contributed by atoms with Gasteiger partial charge in [0.25, 0.3) is 0 Å². The zero-order valence-corrected chi connectivity index (χ0v) is 12.3. The van der Waals surface area contributed by atoms with Gasteiger partial charge in [-0.2, -0.15) is 0 Å². The molecule has 3 nitrogen and oxygen atoms in total. The third-order valence-electron chi connectivity index (χ3n) is 2.38. The summed E-state index contributed by atoms with van der Waals surface area (Å²) >= 11 is 3.52. The lowest BCUT2D eigenvalue weighted by molar-refractivity contribution is 0.258. The van der Waals surface area contributed by atoms with Crippen LogP contribution in [0.2, 0.25) is 0 Å². The lowest BCUT2D eigenvalue weighted by Crippen LogP contribution is -2.21. The molecule has 1 rings (SSSR count). The molecule has 0 fully saturated rings. The molecule has 1 aromatic rings. The number of benzene rings is 1. The average Bonchev–Trinajstić information content (AvgIpc) is 2.21. The highest BCUT2D eigenvalue weighted by Gasteiger charge is 2.09. The number of hydrogen-bond donors (Lipinski definition) is 1. The van der Waals surface area contributed by atoms with Gasteiger partial charge in [-0.1, -0.05) is 12.1 Å². The Morgan fingerprint density at radius 2 is 2.12 bits per heavy atom. The summed E-state index contributed by atoms with van der Waals surface area (Å²) < 4.78 is 6.83. The summed E-state index contributed by atoms with van der Waals surface area (Å²) in [7, 11) is 4.07. The molecule has 0 amide bonds. The molecule has 0 saturated carbocycles. The summed E-state index contributed by atoms with van der Waals surface area (Å²) in [5.41, 5.74) is 7.00. The molecule has 17 heavy (non-hydrogen) atoms. The molecule has 0 spiro atoms. The van der Waals surface area contributed by atoms with Crippen LogP contribution >= 0.6 is 15.9 Å². The zero-order valence-electron chi connectivity index (χ0n) is 10.7. The van der Waals surface area contributed by atoms with E-state index in [0.717, 1.165) is 28.8 Å². The van der Waals surface area contributed by atoms with E-state index in [2.05, 4.69) is 26.9 Å². The Bertz CT molecular complexity index is 353. The third-order valence-corrected chi connectivity index (χ3v) is 3.00. The summed E-state index contributed by atoms with van der Waals surface area (Å²) in [6.07, 6.45) is 0.830. The topological polar surface area (TPSA) is 38.5 Å². The number of para-hydroxylation sites is 1. The van der Waals surface area contributed by atoms with Crippen molar-refractivity contribution in [3.63, 3.8) is 0 Å². The molecule has 0 aromatic heterocycles. The van der Waals surface area contributed by atoms with Crippen molar-refractivity contribution in [2.45, 2.75) is 19.4 Å². The van der Waals surface area contributed by atoms with Gasteiger partial charge in [0.2, 0.25) is 0 Å². The normalized spacial score (nSPS) is 12.8. The molecule has 0 aliphatic carbocycles. The predicted octanol–water partition coefficient (Wildman–Crippen LogP) is 2.28. The molecule has 0 aliphatic rings.